The van der Waals surface area contributed by atoms with E-state index in [-0.39, 0.29) is 5.76 Å². The summed E-state index contributed by atoms with van der Waals surface area (Å²) in [5, 5.41) is 4.49. The van der Waals surface area contributed by atoms with Gasteiger partial charge in [-0.3, -0.25) is 0 Å². The Hall–Kier alpha value is -1.84. The molecule has 1 aromatic heterocycles. The molecule has 0 bridgehead atoms. The van der Waals surface area contributed by atoms with E-state index in [0.717, 1.165) is 5.56 Å². The number of hydrogen-bond acceptors (Lipinski definition) is 4. The molecule has 4 heteroatoms. The molecule has 0 aliphatic carbocycles. The Morgan fingerprint density at radius 2 is 2.33 bits per heavy atom. The van der Waals surface area contributed by atoms with Gasteiger partial charge in [-0.05, 0) is 26.0 Å². The van der Waals surface area contributed by atoms with Gasteiger partial charge < -0.3 is 9.26 Å². The highest BCUT2D eigenvalue weighted by Crippen LogP contribution is 2.20. The predicted octanol–water partition coefficient (Wildman–Crippen LogP) is 2.31. The highest BCUT2D eigenvalue weighted by Gasteiger charge is 2.17. The number of hydrogen-bond donors (Lipinski definition) is 0. The average Bonchev–Trinajstić information content (AvgIpc) is 2.60. The Kier molecular flexibility index (Phi) is 2.41. The van der Waals surface area contributed by atoms with Crippen molar-refractivity contribution in [3.63, 3.8) is 0 Å². The third-order valence-electron chi connectivity index (χ3n) is 2.09. The number of fused-ring (bicyclic) bond motifs is 1. The van der Waals surface area contributed by atoms with Crippen LogP contribution in [0.5, 0.6) is 0 Å². The van der Waals surface area contributed by atoms with E-state index in [1.54, 1.807) is 6.92 Å². The van der Waals surface area contributed by atoms with Crippen LogP contribution in [-0.4, -0.2) is 17.7 Å². The van der Waals surface area contributed by atoms with Crippen molar-refractivity contribution in [1.29, 1.82) is 0 Å². The molecule has 78 valence electrons. The van der Waals surface area contributed by atoms with E-state index in [2.05, 4.69) is 5.16 Å². The zero-order valence-electron chi connectivity index (χ0n) is 8.61. The number of carbonyl (C=O) groups is 1. The first-order chi connectivity index (χ1) is 7.22. The Labute approximate surface area is 86.8 Å². The van der Waals surface area contributed by atoms with Crippen LogP contribution in [0, 0.1) is 6.92 Å². The molecule has 1 aromatic carbocycles. The molecule has 15 heavy (non-hydrogen) atoms. The molecule has 0 aliphatic rings. The predicted molar refractivity (Wildman–Crippen MR) is 54.7 cm³/mol. The van der Waals surface area contributed by atoms with Gasteiger partial charge in [0.05, 0.1) is 12.0 Å². The van der Waals surface area contributed by atoms with Crippen molar-refractivity contribution >= 4 is 16.9 Å². The van der Waals surface area contributed by atoms with Crippen molar-refractivity contribution in [2.24, 2.45) is 0 Å². The number of ether oxygens (including phenoxy) is 1. The lowest BCUT2D eigenvalue weighted by Gasteiger charge is -1.97. The van der Waals surface area contributed by atoms with Gasteiger partial charge in [0.1, 0.15) is 5.52 Å². The lowest BCUT2D eigenvalue weighted by atomic mass is 10.1. The Balaban J connectivity index is 2.52. The fraction of sp³-hybridized carbons (Fsp3) is 0.273. The summed E-state index contributed by atoms with van der Waals surface area (Å²) in [6.07, 6.45) is 0. The summed E-state index contributed by atoms with van der Waals surface area (Å²) in [7, 11) is 0. The number of benzene rings is 1. The second kappa shape index (κ2) is 3.73. The fourth-order valence-corrected chi connectivity index (χ4v) is 1.40. The van der Waals surface area contributed by atoms with Crippen molar-refractivity contribution in [3.8, 4) is 0 Å². The zero-order chi connectivity index (χ0) is 10.8. The lowest BCUT2D eigenvalue weighted by molar-refractivity contribution is 0.0483. The van der Waals surface area contributed by atoms with Crippen LogP contribution in [0.25, 0.3) is 10.9 Å². The maximum absolute atomic E-state index is 11.5. The number of aromatic nitrogens is 1. The van der Waals surface area contributed by atoms with Crippen LogP contribution in [0.15, 0.2) is 22.7 Å². The van der Waals surface area contributed by atoms with E-state index in [9.17, 15) is 4.79 Å². The molecule has 0 unspecified atom stereocenters. The molecule has 2 rings (SSSR count). The summed E-state index contributed by atoms with van der Waals surface area (Å²) < 4.78 is 9.82. The zero-order valence-corrected chi connectivity index (χ0v) is 8.61. The normalized spacial score (nSPS) is 10.5. The van der Waals surface area contributed by atoms with Crippen LogP contribution < -0.4 is 0 Å². The van der Waals surface area contributed by atoms with Gasteiger partial charge in [0.15, 0.2) is 0 Å². The molecule has 0 fully saturated rings. The van der Waals surface area contributed by atoms with Crippen LogP contribution in [0.3, 0.4) is 0 Å². The smallest absolute Gasteiger partial charge is 0.377 e. The van der Waals surface area contributed by atoms with Crippen LogP contribution in [0.4, 0.5) is 0 Å². The summed E-state index contributed by atoms with van der Waals surface area (Å²) in [4.78, 5) is 11.5. The highest BCUT2D eigenvalue weighted by atomic mass is 16.6. The molecule has 0 aliphatic heterocycles. The van der Waals surface area contributed by atoms with Crippen LogP contribution >= 0.6 is 0 Å². The van der Waals surface area contributed by atoms with Gasteiger partial charge in [0, 0.05) is 0 Å². The van der Waals surface area contributed by atoms with Crippen molar-refractivity contribution in [1.82, 2.24) is 5.16 Å². The first-order valence-electron chi connectivity index (χ1n) is 4.75. The molecular formula is C11H11NO3. The Morgan fingerprint density at radius 1 is 1.53 bits per heavy atom. The topological polar surface area (TPSA) is 52.3 Å². The van der Waals surface area contributed by atoms with Gasteiger partial charge >= 0.3 is 5.97 Å². The second-order valence-electron chi connectivity index (χ2n) is 3.25. The molecule has 0 radical (unpaired) electrons. The minimum atomic E-state index is -0.467. The summed E-state index contributed by atoms with van der Waals surface area (Å²) >= 11 is 0. The summed E-state index contributed by atoms with van der Waals surface area (Å²) in [5.41, 5.74) is 1.72. The number of nitrogens with zero attached hydrogens (tertiary/aromatic N) is 1. The number of carbonyl (C=O) groups excluding carboxylic acids is 1. The molecule has 2 aromatic rings. The van der Waals surface area contributed by atoms with Crippen molar-refractivity contribution in [2.75, 3.05) is 6.61 Å². The van der Waals surface area contributed by atoms with Crippen LogP contribution in [0.1, 0.15) is 23.0 Å². The van der Waals surface area contributed by atoms with Gasteiger partial charge in [-0.1, -0.05) is 16.8 Å². The molecule has 0 saturated heterocycles. The van der Waals surface area contributed by atoms with E-state index in [1.807, 2.05) is 25.1 Å². The van der Waals surface area contributed by atoms with Crippen LogP contribution in [-0.2, 0) is 4.74 Å². The second-order valence-corrected chi connectivity index (χ2v) is 3.25. The molecular weight excluding hydrogens is 194 g/mol. The highest BCUT2D eigenvalue weighted by molar-refractivity contribution is 6.00. The molecule has 0 amide bonds. The quantitative estimate of drug-likeness (QED) is 0.706. The maximum atomic E-state index is 11.5. The number of esters is 1. The number of rotatable bonds is 2. The molecule has 0 N–H and O–H groups in total. The summed E-state index contributed by atoms with van der Waals surface area (Å²) in [6.45, 7) is 4.02. The monoisotopic (exact) mass is 205 g/mol. The summed E-state index contributed by atoms with van der Waals surface area (Å²) in [5.74, 6) is -0.291. The third-order valence-corrected chi connectivity index (χ3v) is 2.09. The van der Waals surface area contributed by atoms with Gasteiger partial charge in [0.2, 0.25) is 0 Å². The first kappa shape index (κ1) is 9.71. The lowest BCUT2D eigenvalue weighted by Crippen LogP contribution is -2.03. The van der Waals surface area contributed by atoms with Crippen molar-refractivity contribution < 1.29 is 14.1 Å². The van der Waals surface area contributed by atoms with Gasteiger partial charge in [0.25, 0.3) is 5.76 Å². The minimum Gasteiger partial charge on any atom is -0.460 e. The van der Waals surface area contributed by atoms with Crippen molar-refractivity contribution in [3.05, 3.63) is 29.5 Å². The van der Waals surface area contributed by atoms with E-state index in [1.165, 1.54) is 0 Å². The first-order valence-corrected chi connectivity index (χ1v) is 4.75. The molecule has 0 saturated carbocycles. The summed E-state index contributed by atoms with van der Waals surface area (Å²) in [6, 6.07) is 5.59. The molecule has 4 nitrogen and oxygen atoms in total. The van der Waals surface area contributed by atoms with Gasteiger partial charge in [-0.2, -0.15) is 0 Å². The molecule has 0 spiro atoms. The van der Waals surface area contributed by atoms with E-state index < -0.39 is 5.97 Å². The number of aryl methyl sites for hydroxylation is 1. The van der Waals surface area contributed by atoms with E-state index in [0.29, 0.717) is 17.5 Å². The SMILES string of the molecule is CCOC(=O)c1onc2ccc(C)cc12. The largest absolute Gasteiger partial charge is 0.460 e. The standard InChI is InChI=1S/C11H11NO3/c1-3-14-11(13)10-8-6-7(2)4-5-9(8)12-15-10/h4-6H,3H2,1-2H3. The minimum absolute atomic E-state index is 0.176. The van der Waals surface area contributed by atoms with E-state index in [4.69, 9.17) is 9.26 Å². The van der Waals surface area contributed by atoms with Crippen LogP contribution in [0.2, 0.25) is 0 Å². The van der Waals surface area contributed by atoms with Gasteiger partial charge in [-0.25, -0.2) is 4.79 Å². The average molecular weight is 205 g/mol. The third kappa shape index (κ3) is 1.70. The Morgan fingerprint density at radius 3 is 3.07 bits per heavy atom. The van der Waals surface area contributed by atoms with Gasteiger partial charge in [-0.15, -0.1) is 0 Å². The van der Waals surface area contributed by atoms with Crippen molar-refractivity contribution in [2.45, 2.75) is 13.8 Å². The molecule has 1 heterocycles. The van der Waals surface area contributed by atoms with E-state index >= 15 is 0 Å². The fourth-order valence-electron chi connectivity index (χ4n) is 1.40. The Bertz CT molecular complexity index is 502. The molecule has 0 atom stereocenters. The maximum Gasteiger partial charge on any atom is 0.377 e.